The number of ether oxygens (including phenoxy) is 1. The molecule has 0 rings (SSSR count). The maximum absolute atomic E-state index is 9.98. The number of rotatable bonds is 2. The van der Waals surface area contributed by atoms with Crippen molar-refractivity contribution < 1.29 is 70.8 Å². The van der Waals surface area contributed by atoms with E-state index in [9.17, 15) is 14.7 Å². The number of aliphatic carboxylic acids is 1. The van der Waals surface area contributed by atoms with Gasteiger partial charge in [0.2, 0.25) is 0 Å². The molecule has 0 aromatic carbocycles. The minimum atomic E-state index is -1.42. The topological polar surface area (TPSA) is 66.4 Å². The number of carbonyl (C=O) groups excluding carboxylic acids is 2. The minimum absolute atomic E-state index is 0. The van der Waals surface area contributed by atoms with Crippen LogP contribution in [0.15, 0.2) is 0 Å². The van der Waals surface area contributed by atoms with Crippen LogP contribution >= 0.6 is 0 Å². The molecule has 46 valence electrons. The summed E-state index contributed by atoms with van der Waals surface area (Å²) < 4.78 is 4.00. The number of hydrogen-bond acceptors (Lipinski definition) is 4. The zero-order valence-electron chi connectivity index (χ0n) is 5.34. The Morgan fingerprint density at radius 2 is 2.00 bits per heavy atom. The molecule has 0 bridgehead atoms. The van der Waals surface area contributed by atoms with Crippen molar-refractivity contribution in [3.05, 3.63) is 0 Å². The van der Waals surface area contributed by atoms with E-state index in [4.69, 9.17) is 0 Å². The number of carboxylic acid groups (broad SMARTS) is 1. The quantitative estimate of drug-likeness (QED) is 0.229. The molecule has 0 aromatic heterocycles. The van der Waals surface area contributed by atoms with E-state index in [0.29, 0.717) is 0 Å². The van der Waals surface area contributed by atoms with Crippen molar-refractivity contribution >= 4 is 11.9 Å². The predicted octanol–water partition coefficient (Wildman–Crippen LogP) is -4.70. The van der Waals surface area contributed by atoms with E-state index < -0.39 is 18.4 Å². The Hall–Kier alpha value is 0.576. The number of esters is 1. The summed E-state index contributed by atoms with van der Waals surface area (Å²) in [6.45, 7) is 0. The molecule has 0 aliphatic carbocycles. The average molecular weight is 156 g/mol. The van der Waals surface area contributed by atoms with E-state index in [1.165, 1.54) is 0 Å². The molecule has 0 heterocycles. The molecule has 9 heavy (non-hydrogen) atoms. The van der Waals surface area contributed by atoms with Crippen LogP contribution in [-0.4, -0.2) is 19.0 Å². The number of methoxy groups -OCH3 is 1. The second kappa shape index (κ2) is 6.69. The minimum Gasteiger partial charge on any atom is -0.550 e. The molecule has 0 spiro atoms. The van der Waals surface area contributed by atoms with Crippen LogP contribution in [0.25, 0.3) is 0 Å². The fourth-order valence-corrected chi connectivity index (χ4v) is 0.190. The molecule has 0 saturated heterocycles. The van der Waals surface area contributed by atoms with Gasteiger partial charge in [0, 0.05) is 0 Å². The van der Waals surface area contributed by atoms with Crippen LogP contribution in [0, 0.1) is 0 Å². The molecule has 0 saturated carbocycles. The number of hydrogen-bond donors (Lipinski definition) is 0. The second-order valence-electron chi connectivity index (χ2n) is 1.12. The predicted molar refractivity (Wildman–Crippen MR) is 21.6 cm³/mol. The molecular formula is C4H5KO4. The van der Waals surface area contributed by atoms with Crippen LogP contribution in [0.4, 0.5) is 0 Å². The summed E-state index contributed by atoms with van der Waals surface area (Å²) in [4.78, 5) is 19.5. The summed E-state index contributed by atoms with van der Waals surface area (Å²) in [5, 5.41) is 9.56. The van der Waals surface area contributed by atoms with Gasteiger partial charge in [-0.1, -0.05) is 0 Å². The summed E-state index contributed by atoms with van der Waals surface area (Å²) in [6.07, 6.45) is -0.670. The van der Waals surface area contributed by atoms with E-state index >= 15 is 0 Å². The molecule has 0 amide bonds. The van der Waals surface area contributed by atoms with Gasteiger partial charge in [-0.15, -0.1) is 0 Å². The zero-order valence-corrected chi connectivity index (χ0v) is 8.46. The Kier molecular flexibility index (Phi) is 9.13. The third-order valence-electron chi connectivity index (χ3n) is 0.516. The fourth-order valence-electron chi connectivity index (χ4n) is 0.190. The van der Waals surface area contributed by atoms with E-state index in [-0.39, 0.29) is 51.4 Å². The van der Waals surface area contributed by atoms with E-state index in [1.54, 1.807) is 0 Å². The molecule has 0 aliphatic rings. The molecule has 4 nitrogen and oxygen atoms in total. The van der Waals surface area contributed by atoms with Crippen molar-refractivity contribution in [1.29, 1.82) is 0 Å². The first-order valence-electron chi connectivity index (χ1n) is 1.93. The zero-order chi connectivity index (χ0) is 6.57. The molecule has 0 fully saturated rings. The van der Waals surface area contributed by atoms with Crippen LogP contribution in [0.1, 0.15) is 6.42 Å². The van der Waals surface area contributed by atoms with Gasteiger partial charge in [0.05, 0.1) is 19.5 Å². The summed E-state index contributed by atoms with van der Waals surface area (Å²) in [7, 11) is 1.12. The van der Waals surface area contributed by atoms with Crippen molar-refractivity contribution in [2.75, 3.05) is 7.11 Å². The van der Waals surface area contributed by atoms with Gasteiger partial charge in [0.15, 0.2) is 0 Å². The van der Waals surface area contributed by atoms with Crippen molar-refractivity contribution in [2.45, 2.75) is 6.42 Å². The average Bonchev–Trinajstić information content (AvgIpc) is 1.65. The van der Waals surface area contributed by atoms with Crippen LogP contribution in [0.5, 0.6) is 0 Å². The van der Waals surface area contributed by atoms with Gasteiger partial charge in [-0.05, 0) is 0 Å². The normalized spacial score (nSPS) is 7.22. The largest absolute Gasteiger partial charge is 1.00 e. The van der Waals surface area contributed by atoms with Crippen molar-refractivity contribution in [3.63, 3.8) is 0 Å². The third kappa shape index (κ3) is 8.58. The Bertz CT molecular complexity index is 111. The molecule has 0 atom stereocenters. The first-order valence-corrected chi connectivity index (χ1v) is 1.93. The Labute approximate surface area is 95.0 Å². The molecule has 0 aromatic rings. The maximum Gasteiger partial charge on any atom is 1.00 e. The van der Waals surface area contributed by atoms with Crippen molar-refractivity contribution in [2.24, 2.45) is 0 Å². The van der Waals surface area contributed by atoms with Gasteiger partial charge in [-0.3, -0.25) is 4.79 Å². The Morgan fingerprint density at radius 3 is 2.11 bits per heavy atom. The van der Waals surface area contributed by atoms with E-state index in [2.05, 4.69) is 4.74 Å². The smallest absolute Gasteiger partial charge is 0.550 e. The molecule has 0 unspecified atom stereocenters. The molecule has 0 radical (unpaired) electrons. The first-order chi connectivity index (χ1) is 3.66. The van der Waals surface area contributed by atoms with Gasteiger partial charge in [-0.25, -0.2) is 0 Å². The second-order valence-corrected chi connectivity index (χ2v) is 1.12. The maximum atomic E-state index is 9.98. The van der Waals surface area contributed by atoms with Gasteiger partial charge in [0.1, 0.15) is 0 Å². The molecule has 0 aliphatic heterocycles. The fraction of sp³-hybridized carbons (Fsp3) is 0.500. The summed E-state index contributed by atoms with van der Waals surface area (Å²) in [5.41, 5.74) is 0. The number of carboxylic acids is 1. The van der Waals surface area contributed by atoms with E-state index in [1.807, 2.05) is 0 Å². The molecule has 0 N–H and O–H groups in total. The summed E-state index contributed by atoms with van der Waals surface area (Å²) in [6, 6.07) is 0. The van der Waals surface area contributed by atoms with Gasteiger partial charge < -0.3 is 14.6 Å². The molecule has 5 heteroatoms. The third-order valence-corrected chi connectivity index (χ3v) is 0.516. The van der Waals surface area contributed by atoms with Gasteiger partial charge >= 0.3 is 57.4 Å². The van der Waals surface area contributed by atoms with Crippen molar-refractivity contribution in [3.8, 4) is 0 Å². The Balaban J connectivity index is 0. The van der Waals surface area contributed by atoms with Crippen LogP contribution < -0.4 is 56.5 Å². The standard InChI is InChI=1S/C4H6O4.K/c1-8-4(7)2-3(5)6;/h2H2,1H3,(H,5,6);/q;+1/p-1. The van der Waals surface area contributed by atoms with Gasteiger partial charge in [0.25, 0.3) is 0 Å². The van der Waals surface area contributed by atoms with Crippen LogP contribution in [0.3, 0.4) is 0 Å². The number of carbonyl (C=O) groups is 2. The first kappa shape index (κ1) is 12.3. The van der Waals surface area contributed by atoms with Gasteiger partial charge in [-0.2, -0.15) is 0 Å². The van der Waals surface area contributed by atoms with E-state index in [0.717, 1.165) is 7.11 Å². The van der Waals surface area contributed by atoms with Crippen molar-refractivity contribution in [1.82, 2.24) is 0 Å². The summed E-state index contributed by atoms with van der Waals surface area (Å²) in [5.74, 6) is -2.21. The van der Waals surface area contributed by atoms with Crippen LogP contribution in [-0.2, 0) is 14.3 Å². The Morgan fingerprint density at radius 1 is 1.56 bits per heavy atom. The SMILES string of the molecule is COC(=O)CC(=O)[O-].[K+]. The monoisotopic (exact) mass is 156 g/mol. The summed E-state index contributed by atoms with van der Waals surface area (Å²) >= 11 is 0. The van der Waals surface area contributed by atoms with Crippen LogP contribution in [0.2, 0.25) is 0 Å². The molecular weight excluding hydrogens is 151 g/mol.